The summed E-state index contributed by atoms with van der Waals surface area (Å²) in [4.78, 5) is 0.251. The molecule has 0 amide bonds. The Balaban J connectivity index is 2.47. The lowest BCUT2D eigenvalue weighted by Gasteiger charge is -2.36. The number of rotatable bonds is 2. The van der Waals surface area contributed by atoms with E-state index in [1.165, 1.54) is 0 Å². The van der Waals surface area contributed by atoms with Gasteiger partial charge in [0.05, 0.1) is 5.69 Å². The summed E-state index contributed by atoms with van der Waals surface area (Å²) in [5.41, 5.74) is 8.27. The molecule has 1 saturated heterocycles. The molecule has 0 radical (unpaired) electrons. The Hall–Kier alpha value is -1.07. The molecule has 1 fully saturated rings. The summed E-state index contributed by atoms with van der Waals surface area (Å²) in [6.07, 6.45) is 1.99. The molecular formula is C15H24N2O2S. The molecule has 0 saturated carbocycles. The van der Waals surface area contributed by atoms with Gasteiger partial charge in [-0.1, -0.05) is 6.92 Å². The van der Waals surface area contributed by atoms with Gasteiger partial charge in [-0.2, -0.15) is 4.31 Å². The molecular weight excluding hydrogens is 272 g/mol. The maximum Gasteiger partial charge on any atom is 0.245 e. The first-order valence-electron chi connectivity index (χ1n) is 7.12. The number of hydrogen-bond acceptors (Lipinski definition) is 3. The molecule has 1 aliphatic rings. The molecule has 1 aromatic carbocycles. The summed E-state index contributed by atoms with van der Waals surface area (Å²) in [5.74, 6) is 0.397. The van der Waals surface area contributed by atoms with Crippen molar-refractivity contribution in [2.75, 3.05) is 12.3 Å². The number of sulfonamides is 1. The van der Waals surface area contributed by atoms with E-state index in [0.29, 0.717) is 18.2 Å². The second kappa shape index (κ2) is 5.37. The quantitative estimate of drug-likeness (QED) is 0.853. The third-order valence-electron chi connectivity index (χ3n) is 4.27. The van der Waals surface area contributed by atoms with Gasteiger partial charge in [-0.15, -0.1) is 0 Å². The number of nitrogens with two attached hydrogens (primary N) is 1. The van der Waals surface area contributed by atoms with E-state index < -0.39 is 10.0 Å². The van der Waals surface area contributed by atoms with Crippen molar-refractivity contribution >= 4 is 15.7 Å². The van der Waals surface area contributed by atoms with Crippen LogP contribution >= 0.6 is 0 Å². The molecule has 1 aromatic rings. The Bertz CT molecular complexity index is 611. The Kier molecular flexibility index (Phi) is 4.12. The van der Waals surface area contributed by atoms with Gasteiger partial charge in [0, 0.05) is 12.6 Å². The largest absolute Gasteiger partial charge is 0.398 e. The van der Waals surface area contributed by atoms with Gasteiger partial charge in [0.1, 0.15) is 4.90 Å². The summed E-state index contributed by atoms with van der Waals surface area (Å²) in [6.45, 7) is 8.50. The Labute approximate surface area is 122 Å². The Morgan fingerprint density at radius 2 is 1.75 bits per heavy atom. The van der Waals surface area contributed by atoms with E-state index in [1.807, 2.05) is 20.8 Å². The number of benzene rings is 1. The maximum absolute atomic E-state index is 12.9. The van der Waals surface area contributed by atoms with Crippen LogP contribution in [0.25, 0.3) is 0 Å². The topological polar surface area (TPSA) is 63.4 Å². The average Bonchev–Trinajstić information content (AvgIpc) is 2.36. The van der Waals surface area contributed by atoms with Crippen LogP contribution < -0.4 is 5.73 Å². The number of piperidine rings is 1. The van der Waals surface area contributed by atoms with Gasteiger partial charge in [0.25, 0.3) is 0 Å². The molecule has 2 N–H and O–H groups in total. The highest BCUT2D eigenvalue weighted by Gasteiger charge is 2.34. The molecule has 1 aliphatic heterocycles. The SMILES string of the molecule is Cc1cc(N)c(S(=O)(=O)N2CC(C)CCC2C)cc1C. The van der Waals surface area contributed by atoms with Crippen LogP contribution in [0.3, 0.4) is 0 Å². The van der Waals surface area contributed by atoms with E-state index in [-0.39, 0.29) is 10.9 Å². The second-order valence-corrected chi connectivity index (χ2v) is 7.94. The van der Waals surface area contributed by atoms with Crippen molar-refractivity contribution in [2.45, 2.75) is 51.5 Å². The predicted octanol–water partition coefficient (Wildman–Crippen LogP) is 2.69. The third-order valence-corrected chi connectivity index (χ3v) is 6.31. The van der Waals surface area contributed by atoms with E-state index in [0.717, 1.165) is 24.0 Å². The van der Waals surface area contributed by atoms with Crippen LogP contribution in [-0.4, -0.2) is 25.3 Å². The van der Waals surface area contributed by atoms with Crippen LogP contribution in [-0.2, 0) is 10.0 Å². The molecule has 0 aliphatic carbocycles. The minimum absolute atomic E-state index is 0.0391. The highest BCUT2D eigenvalue weighted by molar-refractivity contribution is 7.89. The number of nitrogen functional groups attached to an aromatic ring is 1. The highest BCUT2D eigenvalue weighted by atomic mass is 32.2. The molecule has 2 rings (SSSR count). The first-order chi connectivity index (χ1) is 9.23. The molecule has 0 bridgehead atoms. The van der Waals surface area contributed by atoms with Crippen LogP contribution in [0.4, 0.5) is 5.69 Å². The van der Waals surface area contributed by atoms with Crippen molar-refractivity contribution in [1.29, 1.82) is 0 Å². The summed E-state index contributed by atoms with van der Waals surface area (Å²) >= 11 is 0. The van der Waals surface area contributed by atoms with Crippen LogP contribution in [0.2, 0.25) is 0 Å². The molecule has 2 atom stereocenters. The van der Waals surface area contributed by atoms with E-state index in [9.17, 15) is 8.42 Å². The van der Waals surface area contributed by atoms with Crippen LogP contribution in [0, 0.1) is 19.8 Å². The summed E-state index contributed by atoms with van der Waals surface area (Å²) < 4.78 is 27.4. The first kappa shape index (κ1) is 15.3. The van der Waals surface area contributed by atoms with Crippen LogP contribution in [0.5, 0.6) is 0 Å². The predicted molar refractivity (Wildman–Crippen MR) is 82.1 cm³/mol. The summed E-state index contributed by atoms with van der Waals surface area (Å²) in [7, 11) is -3.51. The fourth-order valence-electron chi connectivity index (χ4n) is 2.74. The van der Waals surface area contributed by atoms with Crippen LogP contribution in [0.1, 0.15) is 37.8 Å². The van der Waals surface area contributed by atoms with Gasteiger partial charge in [-0.25, -0.2) is 8.42 Å². The summed E-state index contributed by atoms with van der Waals surface area (Å²) in [5, 5.41) is 0. The van der Waals surface area contributed by atoms with E-state index in [2.05, 4.69) is 6.92 Å². The lowest BCUT2D eigenvalue weighted by Crippen LogP contribution is -2.45. The van der Waals surface area contributed by atoms with Gasteiger partial charge in [-0.05, 0) is 62.8 Å². The van der Waals surface area contributed by atoms with Crippen molar-refractivity contribution in [3.05, 3.63) is 23.3 Å². The first-order valence-corrected chi connectivity index (χ1v) is 8.56. The van der Waals surface area contributed by atoms with Crippen LogP contribution in [0.15, 0.2) is 17.0 Å². The van der Waals surface area contributed by atoms with Gasteiger partial charge < -0.3 is 5.73 Å². The lowest BCUT2D eigenvalue weighted by molar-refractivity contribution is 0.218. The van der Waals surface area contributed by atoms with E-state index in [4.69, 9.17) is 5.73 Å². The van der Waals surface area contributed by atoms with Crippen molar-refractivity contribution in [3.8, 4) is 0 Å². The second-order valence-electron chi connectivity index (χ2n) is 6.08. The summed E-state index contributed by atoms with van der Waals surface area (Å²) in [6, 6.07) is 3.49. The molecule has 2 unspecified atom stereocenters. The Morgan fingerprint density at radius 3 is 2.40 bits per heavy atom. The van der Waals surface area contributed by atoms with Gasteiger partial charge in [-0.3, -0.25) is 0 Å². The minimum Gasteiger partial charge on any atom is -0.398 e. The minimum atomic E-state index is -3.51. The molecule has 4 nitrogen and oxygen atoms in total. The molecule has 1 heterocycles. The lowest BCUT2D eigenvalue weighted by atomic mass is 9.97. The number of aryl methyl sites for hydroxylation is 2. The normalized spacial score (nSPS) is 24.8. The molecule has 0 spiro atoms. The van der Waals surface area contributed by atoms with Crippen molar-refractivity contribution in [2.24, 2.45) is 5.92 Å². The van der Waals surface area contributed by atoms with Gasteiger partial charge in [0.15, 0.2) is 0 Å². The number of anilines is 1. The van der Waals surface area contributed by atoms with E-state index >= 15 is 0 Å². The zero-order chi connectivity index (χ0) is 15.1. The zero-order valence-electron chi connectivity index (χ0n) is 12.7. The number of hydrogen-bond donors (Lipinski definition) is 1. The molecule has 5 heteroatoms. The molecule has 112 valence electrons. The fourth-order valence-corrected chi connectivity index (χ4v) is 4.71. The van der Waals surface area contributed by atoms with Gasteiger partial charge >= 0.3 is 0 Å². The van der Waals surface area contributed by atoms with Crippen molar-refractivity contribution in [1.82, 2.24) is 4.31 Å². The third kappa shape index (κ3) is 2.69. The number of nitrogens with zero attached hydrogens (tertiary/aromatic N) is 1. The standard InChI is InChI=1S/C15H24N2O2S/c1-10-5-6-13(4)17(9-10)20(18,19)15-8-12(3)11(2)7-14(15)16/h7-8,10,13H,5-6,9,16H2,1-4H3. The molecule has 0 aromatic heterocycles. The molecule has 20 heavy (non-hydrogen) atoms. The Morgan fingerprint density at radius 1 is 1.15 bits per heavy atom. The van der Waals surface area contributed by atoms with Crippen molar-refractivity contribution < 1.29 is 8.42 Å². The monoisotopic (exact) mass is 296 g/mol. The van der Waals surface area contributed by atoms with Crippen molar-refractivity contribution in [3.63, 3.8) is 0 Å². The highest BCUT2D eigenvalue weighted by Crippen LogP contribution is 2.31. The van der Waals surface area contributed by atoms with Gasteiger partial charge in [0.2, 0.25) is 10.0 Å². The fraction of sp³-hybridized carbons (Fsp3) is 0.600. The smallest absolute Gasteiger partial charge is 0.245 e. The van der Waals surface area contributed by atoms with E-state index in [1.54, 1.807) is 16.4 Å². The maximum atomic E-state index is 12.9. The average molecular weight is 296 g/mol. The zero-order valence-corrected chi connectivity index (χ0v) is 13.5.